The van der Waals surface area contributed by atoms with Crippen LogP contribution in [0.5, 0.6) is 5.75 Å². The summed E-state index contributed by atoms with van der Waals surface area (Å²) in [7, 11) is 0. The lowest BCUT2D eigenvalue weighted by Crippen LogP contribution is -2.35. The van der Waals surface area contributed by atoms with Gasteiger partial charge in [-0.25, -0.2) is 4.79 Å². The second kappa shape index (κ2) is 10.5. The predicted molar refractivity (Wildman–Crippen MR) is 117 cm³/mol. The maximum absolute atomic E-state index is 12.9. The topological polar surface area (TPSA) is 126 Å². The SMILES string of the molecule is O=C(O)C[C@@H]1[C@@H]([C@H]2OC2C(O)COc2cccc(C(F)(F)F)c2)[C@H](OC(=O)c2ccccc2)C[C@@H]1O. The van der Waals surface area contributed by atoms with Crippen LogP contribution in [0.2, 0.25) is 0 Å². The van der Waals surface area contributed by atoms with Gasteiger partial charge in [-0.15, -0.1) is 0 Å². The first-order valence-corrected chi connectivity index (χ1v) is 11.3. The van der Waals surface area contributed by atoms with Crippen LogP contribution >= 0.6 is 0 Å². The van der Waals surface area contributed by atoms with Gasteiger partial charge < -0.3 is 29.5 Å². The van der Waals surface area contributed by atoms with E-state index in [1.54, 1.807) is 30.3 Å². The molecule has 1 aliphatic carbocycles. The van der Waals surface area contributed by atoms with Crippen LogP contribution in [-0.4, -0.2) is 64.4 Å². The minimum atomic E-state index is -4.54. The molecule has 1 heterocycles. The summed E-state index contributed by atoms with van der Waals surface area (Å²) in [5.74, 6) is -3.38. The van der Waals surface area contributed by atoms with Gasteiger partial charge in [-0.2, -0.15) is 13.2 Å². The van der Waals surface area contributed by atoms with Gasteiger partial charge >= 0.3 is 18.1 Å². The molecular weight excluding hydrogens is 485 g/mol. The highest BCUT2D eigenvalue weighted by Gasteiger charge is 2.59. The fraction of sp³-hybridized carbons (Fsp3) is 0.440. The van der Waals surface area contributed by atoms with Gasteiger partial charge in [0.15, 0.2) is 0 Å². The Bertz CT molecular complexity index is 1080. The number of aliphatic hydroxyl groups is 2. The normalized spacial score (nSPS) is 28.4. The molecule has 2 unspecified atom stereocenters. The van der Waals surface area contributed by atoms with E-state index in [1.807, 2.05) is 0 Å². The molecule has 2 aromatic carbocycles. The van der Waals surface area contributed by atoms with Gasteiger partial charge in [0.05, 0.1) is 29.8 Å². The third kappa shape index (κ3) is 5.97. The molecule has 2 aromatic rings. The molecule has 2 fully saturated rings. The van der Waals surface area contributed by atoms with Crippen molar-refractivity contribution < 1.29 is 52.3 Å². The molecule has 0 radical (unpaired) electrons. The highest BCUT2D eigenvalue weighted by atomic mass is 19.4. The van der Waals surface area contributed by atoms with Gasteiger partial charge in [0.1, 0.15) is 30.7 Å². The number of esters is 1. The molecule has 1 saturated heterocycles. The number of carbonyl (C=O) groups excluding carboxylic acids is 1. The van der Waals surface area contributed by atoms with Crippen LogP contribution in [0, 0.1) is 11.8 Å². The molecule has 0 aromatic heterocycles. The Balaban J connectivity index is 1.42. The van der Waals surface area contributed by atoms with Crippen LogP contribution in [-0.2, 0) is 20.4 Å². The molecule has 8 nitrogen and oxygen atoms in total. The van der Waals surface area contributed by atoms with E-state index in [2.05, 4.69) is 0 Å². The van der Waals surface area contributed by atoms with Crippen molar-refractivity contribution in [3.8, 4) is 5.75 Å². The third-order valence-corrected chi connectivity index (χ3v) is 6.47. The zero-order valence-corrected chi connectivity index (χ0v) is 18.9. The first-order valence-electron chi connectivity index (χ1n) is 11.3. The van der Waals surface area contributed by atoms with E-state index in [-0.39, 0.29) is 24.3 Å². The molecule has 194 valence electrons. The molecule has 3 N–H and O–H groups in total. The van der Waals surface area contributed by atoms with Crippen molar-refractivity contribution in [2.75, 3.05) is 6.61 Å². The monoisotopic (exact) mass is 510 g/mol. The molecular formula is C25H25F3O8. The Kier molecular flexibility index (Phi) is 7.53. The maximum atomic E-state index is 12.9. The summed E-state index contributed by atoms with van der Waals surface area (Å²) in [6, 6.07) is 12.4. The molecule has 0 amide bonds. The number of rotatable bonds is 9. The number of aliphatic carboxylic acids is 1. The van der Waals surface area contributed by atoms with Gasteiger partial charge in [-0.05, 0) is 30.3 Å². The number of benzene rings is 2. The Hall–Kier alpha value is -3.15. The summed E-state index contributed by atoms with van der Waals surface area (Å²) in [5.41, 5.74) is -0.607. The average Bonchev–Trinajstić information content (AvgIpc) is 3.56. The van der Waals surface area contributed by atoms with E-state index in [0.29, 0.717) is 0 Å². The molecule has 0 spiro atoms. The van der Waals surface area contributed by atoms with Crippen molar-refractivity contribution in [3.63, 3.8) is 0 Å². The molecule has 1 saturated carbocycles. The Morgan fingerprint density at radius 1 is 1.11 bits per heavy atom. The maximum Gasteiger partial charge on any atom is 0.416 e. The zero-order chi connectivity index (χ0) is 26.0. The number of hydrogen-bond donors (Lipinski definition) is 3. The second-order valence-corrected chi connectivity index (χ2v) is 8.92. The Morgan fingerprint density at radius 3 is 2.50 bits per heavy atom. The van der Waals surface area contributed by atoms with Crippen LogP contribution in [0.15, 0.2) is 54.6 Å². The van der Waals surface area contributed by atoms with Crippen LogP contribution in [0.25, 0.3) is 0 Å². The Morgan fingerprint density at radius 2 is 1.83 bits per heavy atom. The van der Waals surface area contributed by atoms with E-state index in [0.717, 1.165) is 12.1 Å². The summed E-state index contributed by atoms with van der Waals surface area (Å²) in [6.07, 6.45) is -9.68. The van der Waals surface area contributed by atoms with Crippen molar-refractivity contribution in [1.29, 1.82) is 0 Å². The van der Waals surface area contributed by atoms with Gasteiger partial charge in [-0.1, -0.05) is 24.3 Å². The third-order valence-electron chi connectivity index (χ3n) is 6.47. The van der Waals surface area contributed by atoms with Crippen LogP contribution in [0.3, 0.4) is 0 Å². The number of carbonyl (C=O) groups is 2. The van der Waals surface area contributed by atoms with Crippen LogP contribution < -0.4 is 4.74 Å². The first kappa shape index (κ1) is 25.9. The number of carboxylic acids is 1. The molecule has 0 bridgehead atoms. The number of epoxide rings is 1. The van der Waals surface area contributed by atoms with Crippen molar-refractivity contribution in [2.45, 2.75) is 49.5 Å². The number of aliphatic hydroxyl groups excluding tert-OH is 2. The number of halogens is 3. The number of carboxylic acid groups (broad SMARTS) is 1. The number of alkyl halides is 3. The number of ether oxygens (including phenoxy) is 3. The van der Waals surface area contributed by atoms with E-state index in [9.17, 15) is 38.1 Å². The summed E-state index contributed by atoms with van der Waals surface area (Å²) in [6.45, 7) is -0.379. The molecule has 1 aliphatic heterocycles. The standard InChI is InChI=1S/C25H25F3O8/c26-25(27,28)14-7-4-8-15(9-14)34-12-18(30)22-23(36-22)21-16(10-20(31)32)17(29)11-19(21)35-24(33)13-5-2-1-3-6-13/h1-9,16-19,21-23,29-30H,10-12H2,(H,31,32)/t16-,17-,18?,19+,21+,22?,23+/m0/s1. The quantitative estimate of drug-likeness (QED) is 0.347. The molecule has 4 rings (SSSR count). The predicted octanol–water partition coefficient (Wildman–Crippen LogP) is 2.91. The summed E-state index contributed by atoms with van der Waals surface area (Å²) < 4.78 is 55.2. The van der Waals surface area contributed by atoms with E-state index >= 15 is 0 Å². The lowest BCUT2D eigenvalue weighted by molar-refractivity contribution is -0.139. The van der Waals surface area contributed by atoms with Crippen LogP contribution in [0.4, 0.5) is 13.2 Å². The highest BCUT2D eigenvalue weighted by molar-refractivity contribution is 5.89. The Labute approximate surface area is 204 Å². The van der Waals surface area contributed by atoms with E-state index in [1.165, 1.54) is 12.1 Å². The van der Waals surface area contributed by atoms with Crippen molar-refractivity contribution in [3.05, 3.63) is 65.7 Å². The van der Waals surface area contributed by atoms with E-state index in [4.69, 9.17) is 14.2 Å². The van der Waals surface area contributed by atoms with Crippen molar-refractivity contribution >= 4 is 11.9 Å². The lowest BCUT2D eigenvalue weighted by Gasteiger charge is -2.23. The van der Waals surface area contributed by atoms with Crippen molar-refractivity contribution in [1.82, 2.24) is 0 Å². The summed E-state index contributed by atoms with van der Waals surface area (Å²) >= 11 is 0. The fourth-order valence-electron chi connectivity index (χ4n) is 4.73. The highest BCUT2D eigenvalue weighted by Crippen LogP contribution is 2.47. The lowest BCUT2D eigenvalue weighted by atomic mass is 9.86. The van der Waals surface area contributed by atoms with Gasteiger partial charge in [-0.3, -0.25) is 4.79 Å². The zero-order valence-electron chi connectivity index (χ0n) is 18.9. The summed E-state index contributed by atoms with van der Waals surface area (Å²) in [5, 5.41) is 30.4. The minimum absolute atomic E-state index is 0.00456. The van der Waals surface area contributed by atoms with Gasteiger partial charge in [0, 0.05) is 18.3 Å². The van der Waals surface area contributed by atoms with Crippen molar-refractivity contribution in [2.24, 2.45) is 11.8 Å². The van der Waals surface area contributed by atoms with Gasteiger partial charge in [0.2, 0.25) is 0 Å². The molecule has 7 atom stereocenters. The first-order chi connectivity index (χ1) is 17.0. The average molecular weight is 510 g/mol. The van der Waals surface area contributed by atoms with E-state index < -0.39 is 72.5 Å². The minimum Gasteiger partial charge on any atom is -0.491 e. The second-order valence-electron chi connectivity index (χ2n) is 8.92. The molecule has 11 heteroatoms. The smallest absolute Gasteiger partial charge is 0.416 e. The van der Waals surface area contributed by atoms with Gasteiger partial charge in [0.25, 0.3) is 0 Å². The largest absolute Gasteiger partial charge is 0.491 e. The number of hydrogen-bond acceptors (Lipinski definition) is 7. The molecule has 36 heavy (non-hydrogen) atoms. The summed E-state index contributed by atoms with van der Waals surface area (Å²) in [4.78, 5) is 24.0. The molecule has 2 aliphatic rings. The fourth-order valence-corrected chi connectivity index (χ4v) is 4.73. The van der Waals surface area contributed by atoms with Crippen LogP contribution in [0.1, 0.15) is 28.8 Å².